The SMILES string of the molecule is CC[C@@]1(O)C(=O)OCc2c1cc1n(c2=O)Cc2c-1nc1cc(F)c(C)c3c1c2[C@@H](NC(=O)OCc1ccc(O[C@@H]2O[C@H](C(=O)O)[C@@H](O)[C@H](O)[C@H]2O)c(CNC(=O)CCNC(=O)[C@@H](N)CCCC(=O)N2C[C@@H]4C[C@H]2CN4C(=O)CCOCCOCCOCCOCCOCCOCCOCCOCCOCCOCCOCCOC)c1)CC3. The zero-order chi connectivity index (χ0) is 83.4. The van der Waals surface area contributed by atoms with E-state index in [9.17, 15) is 63.9 Å². The first-order valence-corrected chi connectivity index (χ1v) is 39.8. The molecule has 2 aromatic heterocycles. The largest absolute Gasteiger partial charge is 0.479 e. The first-order valence-electron chi connectivity index (χ1n) is 39.8. The number of carboxylic acid groups (broad SMARTS) is 1. The quantitative estimate of drug-likeness (QED) is 0.0187. The van der Waals surface area contributed by atoms with Crippen LogP contribution in [0.1, 0.15) is 109 Å². The Balaban J connectivity index is 0.572. The van der Waals surface area contributed by atoms with Crippen molar-refractivity contribution in [3.8, 4) is 17.1 Å². The number of aromatic nitrogens is 2. The number of carbonyl (C=O) groups excluding carboxylic acids is 6. The third-order valence-electron chi connectivity index (χ3n) is 21.1. The Kier molecular flexibility index (Phi) is 35.8. The highest BCUT2D eigenvalue weighted by molar-refractivity contribution is 5.94. The molecule has 5 amide bonds. The number of nitrogens with one attached hydrogen (secondary N) is 3. The molecular formula is C79H111FN8O29. The molecule has 4 aromatic rings. The molecule has 2 bridgehead atoms. The molecule has 38 heteroatoms. The highest BCUT2D eigenvalue weighted by atomic mass is 19.1. The summed E-state index contributed by atoms with van der Waals surface area (Å²) < 4.78 is 105. The van der Waals surface area contributed by atoms with Crippen molar-refractivity contribution in [1.29, 1.82) is 0 Å². The summed E-state index contributed by atoms with van der Waals surface area (Å²) in [6.45, 7) is 13.0. The van der Waals surface area contributed by atoms with Crippen molar-refractivity contribution in [2.45, 2.75) is 158 Å². The number of hydrogen-bond donors (Lipinski definition) is 9. The van der Waals surface area contributed by atoms with Crippen molar-refractivity contribution >= 4 is 52.6 Å². The summed E-state index contributed by atoms with van der Waals surface area (Å²) in [7, 11) is 1.63. The van der Waals surface area contributed by atoms with Gasteiger partial charge >= 0.3 is 18.0 Å². The van der Waals surface area contributed by atoms with Gasteiger partial charge in [-0.25, -0.2) is 23.8 Å². The number of piperazine rings is 1. The number of nitrogens with zero attached hydrogens (tertiary/aromatic N) is 4. The van der Waals surface area contributed by atoms with Crippen LogP contribution in [0.25, 0.3) is 22.3 Å². The number of fused-ring (bicyclic) bond motifs is 7. The molecule has 6 aliphatic rings. The molecule has 3 fully saturated rings. The Morgan fingerprint density at radius 3 is 1.79 bits per heavy atom. The minimum Gasteiger partial charge on any atom is -0.479 e. The van der Waals surface area contributed by atoms with Crippen molar-refractivity contribution < 1.29 is 139 Å². The lowest BCUT2D eigenvalue weighted by molar-refractivity contribution is -0.271. The summed E-state index contributed by atoms with van der Waals surface area (Å²) >= 11 is 0. The van der Waals surface area contributed by atoms with E-state index in [0.29, 0.717) is 217 Å². The molecule has 0 unspecified atom stereocenters. The summed E-state index contributed by atoms with van der Waals surface area (Å²) in [5.41, 5.74) is 7.37. The molecule has 0 spiro atoms. The number of ether oxygens (including phenoxy) is 16. The standard InChI is InChI=1S/C79H111FN8O29/c1-4-79(101)56-40-61-68-54(45-88(61)74(96)55(56)47-114-77(79)99)67-59(10-9-53-48(2)57(80)41-60(84-68)66(53)67)85-78(100)115-46-49-8-11-62(116-76-71(94)69(92)70(93)72(117-76)75(97)98)50(38-49)42-83-63(89)12-14-82-73(95)58(81)6-5-7-64(90)86-43-52-39-51(86)44-87(52)65(91)13-15-103-18-19-105-22-23-107-26-27-109-30-31-111-34-35-113-37-36-112-33-32-110-29-28-108-25-24-106-21-20-104-17-16-102-3/h8,11,38,40-41,51-52,58-59,69-72,76,92-94,101H,4-7,9-10,12-37,39,42-47,81H2,1-3H3,(H,82,95)(H,83,89)(H,85,100)(H,97,98)/t51-,52-,58-,59-,69-,70-,71+,72-,76+,79-/m0/s1. The Morgan fingerprint density at radius 1 is 0.692 bits per heavy atom. The van der Waals surface area contributed by atoms with Crippen molar-refractivity contribution in [3.05, 3.63) is 91.0 Å². The van der Waals surface area contributed by atoms with Crippen LogP contribution in [0.5, 0.6) is 5.75 Å². The number of benzene rings is 2. The zero-order valence-corrected chi connectivity index (χ0v) is 66.4. The number of aryl methyl sites for hydroxylation is 1. The first kappa shape index (κ1) is 91.2. The van der Waals surface area contributed by atoms with E-state index in [0.717, 1.165) is 0 Å². The number of pyridine rings is 2. The minimum absolute atomic E-state index is 0.00973. The Hall–Kier alpha value is -8.10. The third-order valence-corrected chi connectivity index (χ3v) is 21.1. The van der Waals surface area contributed by atoms with E-state index < -0.39 is 89.6 Å². The highest BCUT2D eigenvalue weighted by Crippen LogP contribution is 2.46. The molecular weight excluding hydrogens is 1540 g/mol. The average molecular weight is 1660 g/mol. The van der Waals surface area contributed by atoms with Crippen LogP contribution in [-0.4, -0.2) is 314 Å². The average Bonchev–Trinajstić information content (AvgIpc) is 1.59. The summed E-state index contributed by atoms with van der Waals surface area (Å²) in [5, 5.41) is 61.9. The number of aliphatic hydroxyl groups excluding tert-OH is 3. The molecule has 1 aliphatic carbocycles. The van der Waals surface area contributed by atoms with E-state index >= 15 is 4.39 Å². The molecule has 0 radical (unpaired) electrons. The Bertz CT molecular complexity index is 4050. The number of amides is 5. The van der Waals surface area contributed by atoms with Crippen LogP contribution < -0.4 is 32.0 Å². The van der Waals surface area contributed by atoms with Crippen molar-refractivity contribution in [2.24, 2.45) is 5.73 Å². The topological polar surface area (TPSA) is 472 Å². The van der Waals surface area contributed by atoms with Gasteiger partial charge < -0.3 is 137 Å². The van der Waals surface area contributed by atoms with Gasteiger partial charge in [0.25, 0.3) is 5.56 Å². The van der Waals surface area contributed by atoms with Gasteiger partial charge in [-0.1, -0.05) is 13.0 Å². The molecule has 0 saturated carbocycles. The van der Waals surface area contributed by atoms with Gasteiger partial charge in [0.1, 0.15) is 43.1 Å². The smallest absolute Gasteiger partial charge is 0.407 e. The monoisotopic (exact) mass is 1650 g/mol. The molecule has 7 heterocycles. The fourth-order valence-corrected chi connectivity index (χ4v) is 14.8. The van der Waals surface area contributed by atoms with E-state index in [-0.39, 0.29) is 136 Å². The number of carboxylic acids is 1. The number of methoxy groups -OCH3 is 1. The second kappa shape index (κ2) is 45.9. The van der Waals surface area contributed by atoms with Crippen LogP contribution in [0.3, 0.4) is 0 Å². The van der Waals surface area contributed by atoms with Crippen LogP contribution in [0.4, 0.5) is 9.18 Å². The third kappa shape index (κ3) is 24.8. The fourth-order valence-electron chi connectivity index (χ4n) is 14.8. The number of esters is 1. The van der Waals surface area contributed by atoms with Gasteiger partial charge in [-0.2, -0.15) is 0 Å². The Morgan fingerprint density at radius 2 is 1.25 bits per heavy atom. The van der Waals surface area contributed by atoms with E-state index in [1.165, 1.54) is 28.8 Å². The molecule has 10 atom stereocenters. The van der Waals surface area contributed by atoms with E-state index in [2.05, 4.69) is 16.0 Å². The van der Waals surface area contributed by atoms with Crippen LogP contribution in [-0.2, 0) is 138 Å². The van der Waals surface area contributed by atoms with Gasteiger partial charge in [-0.3, -0.25) is 24.0 Å². The van der Waals surface area contributed by atoms with Gasteiger partial charge in [0.15, 0.2) is 11.7 Å². The van der Waals surface area contributed by atoms with Gasteiger partial charge in [0.2, 0.25) is 29.9 Å². The summed E-state index contributed by atoms with van der Waals surface area (Å²) in [6.07, 6.45) is -8.99. The van der Waals surface area contributed by atoms with Gasteiger partial charge in [0.05, 0.1) is 212 Å². The summed E-state index contributed by atoms with van der Waals surface area (Å²) in [6, 6.07) is 5.13. The number of carbonyl (C=O) groups is 7. The van der Waals surface area contributed by atoms with Crippen molar-refractivity contribution in [3.63, 3.8) is 0 Å². The van der Waals surface area contributed by atoms with Crippen molar-refractivity contribution in [1.82, 2.24) is 35.3 Å². The lowest BCUT2D eigenvalue weighted by Crippen LogP contribution is -2.61. The number of rotatable bonds is 53. The number of cyclic esters (lactones) is 1. The predicted molar refractivity (Wildman–Crippen MR) is 407 cm³/mol. The molecule has 3 saturated heterocycles. The van der Waals surface area contributed by atoms with E-state index in [4.69, 9.17) is 86.5 Å². The molecule has 648 valence electrons. The lowest BCUT2D eigenvalue weighted by Gasteiger charge is -2.38. The molecule has 37 nitrogen and oxygen atoms in total. The minimum atomic E-state index is -2.10. The van der Waals surface area contributed by atoms with E-state index in [1.54, 1.807) is 36.8 Å². The maximum atomic E-state index is 15.6. The van der Waals surface area contributed by atoms with Crippen LogP contribution in [0.15, 0.2) is 35.1 Å². The second-order valence-electron chi connectivity index (χ2n) is 28.8. The molecule has 10 N–H and O–H groups in total. The number of nitrogens with two attached hydrogens (primary N) is 1. The van der Waals surface area contributed by atoms with Crippen LogP contribution in [0, 0.1) is 12.7 Å². The number of likely N-dealkylation sites (tertiary alicyclic amines) is 2. The Labute approximate surface area is 675 Å². The summed E-state index contributed by atoms with van der Waals surface area (Å²) in [5.74, 6) is -4.43. The van der Waals surface area contributed by atoms with Gasteiger partial charge in [-0.05, 0) is 85.9 Å². The first-order chi connectivity index (χ1) is 56.6. The number of halogens is 1. The molecule has 5 aliphatic heterocycles. The fraction of sp³-hybridized carbons (Fsp3) is 0.658. The van der Waals surface area contributed by atoms with Crippen LogP contribution in [0.2, 0.25) is 0 Å². The second-order valence-corrected chi connectivity index (χ2v) is 28.8. The molecule has 2 aromatic carbocycles. The molecule has 117 heavy (non-hydrogen) atoms. The van der Waals surface area contributed by atoms with Crippen LogP contribution >= 0.6 is 0 Å². The predicted octanol–water partition coefficient (Wildman–Crippen LogP) is 0.363. The maximum absolute atomic E-state index is 15.6. The summed E-state index contributed by atoms with van der Waals surface area (Å²) in [4.78, 5) is 115. The lowest BCUT2D eigenvalue weighted by atomic mass is 9.81. The molecule has 10 rings (SSSR count). The number of alkyl carbamates (subject to hydrolysis) is 1. The maximum Gasteiger partial charge on any atom is 0.407 e. The zero-order valence-electron chi connectivity index (χ0n) is 66.4. The normalized spacial score (nSPS) is 21.2. The van der Waals surface area contributed by atoms with Gasteiger partial charge in [0, 0.05) is 74.3 Å². The van der Waals surface area contributed by atoms with Crippen molar-refractivity contribution in [2.75, 3.05) is 179 Å². The number of aliphatic hydroxyl groups is 4. The highest BCUT2D eigenvalue weighted by Gasteiger charge is 2.50. The number of aliphatic carboxylic acids is 1. The van der Waals surface area contributed by atoms with Gasteiger partial charge in [-0.15, -0.1) is 0 Å². The van der Waals surface area contributed by atoms with E-state index in [1.807, 2.05) is 0 Å². The number of hydrogen-bond acceptors (Lipinski definition) is 30.